The summed E-state index contributed by atoms with van der Waals surface area (Å²) in [6, 6.07) is 9.08. The van der Waals surface area contributed by atoms with Crippen LogP contribution in [0.4, 0.5) is 0 Å². The summed E-state index contributed by atoms with van der Waals surface area (Å²) in [5.41, 5.74) is 6.71. The van der Waals surface area contributed by atoms with Gasteiger partial charge >= 0.3 is 0 Å². The zero-order valence-electron chi connectivity index (χ0n) is 15.3. The first kappa shape index (κ1) is 19.3. The second kappa shape index (κ2) is 7.91. The van der Waals surface area contributed by atoms with Crippen molar-refractivity contribution in [2.75, 3.05) is 0 Å². The maximum atomic E-state index is 12.2. The SMILES string of the molecule is CC(C)c1cc(C(=O)NNC(=O)c2ccc(O)c(C(C)C)c2)ccc1O. The molecule has 0 aliphatic rings. The van der Waals surface area contributed by atoms with Crippen molar-refractivity contribution < 1.29 is 19.8 Å². The van der Waals surface area contributed by atoms with E-state index in [-0.39, 0.29) is 23.3 Å². The lowest BCUT2D eigenvalue weighted by atomic mass is 9.99. The molecule has 0 bridgehead atoms. The quantitative estimate of drug-likeness (QED) is 0.631. The Balaban J connectivity index is 2.09. The number of benzene rings is 2. The lowest BCUT2D eigenvalue weighted by molar-refractivity contribution is 0.0846. The minimum absolute atomic E-state index is 0.0591. The number of rotatable bonds is 4. The van der Waals surface area contributed by atoms with Crippen LogP contribution in [0.3, 0.4) is 0 Å². The number of nitrogens with one attached hydrogen (secondary N) is 2. The summed E-state index contributed by atoms with van der Waals surface area (Å²) in [5.74, 6) is -0.587. The fourth-order valence-corrected chi connectivity index (χ4v) is 2.57. The van der Waals surface area contributed by atoms with E-state index in [1.807, 2.05) is 27.7 Å². The molecule has 26 heavy (non-hydrogen) atoms. The van der Waals surface area contributed by atoms with Gasteiger partial charge in [-0.25, -0.2) is 0 Å². The van der Waals surface area contributed by atoms with Gasteiger partial charge in [0.15, 0.2) is 0 Å². The zero-order chi connectivity index (χ0) is 19.4. The molecule has 0 radical (unpaired) electrons. The van der Waals surface area contributed by atoms with Crippen LogP contribution in [0.2, 0.25) is 0 Å². The van der Waals surface area contributed by atoms with E-state index in [4.69, 9.17) is 0 Å². The molecule has 6 nitrogen and oxygen atoms in total. The van der Waals surface area contributed by atoms with Gasteiger partial charge in [0.1, 0.15) is 11.5 Å². The van der Waals surface area contributed by atoms with E-state index in [1.54, 1.807) is 12.1 Å². The number of phenols is 2. The Morgan fingerprint density at radius 1 is 0.731 bits per heavy atom. The lowest BCUT2D eigenvalue weighted by Gasteiger charge is -2.13. The van der Waals surface area contributed by atoms with Gasteiger partial charge in [-0.05, 0) is 59.4 Å². The monoisotopic (exact) mass is 356 g/mol. The summed E-state index contributed by atoms with van der Waals surface area (Å²) in [7, 11) is 0. The highest BCUT2D eigenvalue weighted by Gasteiger charge is 2.14. The number of phenolic OH excluding ortho intramolecular Hbond substituents is 2. The van der Waals surface area contributed by atoms with Gasteiger partial charge in [-0.2, -0.15) is 0 Å². The third-order valence-corrected chi connectivity index (χ3v) is 4.11. The van der Waals surface area contributed by atoms with Crippen LogP contribution < -0.4 is 10.9 Å². The Hall–Kier alpha value is -3.02. The van der Waals surface area contributed by atoms with Crippen LogP contribution in [0.15, 0.2) is 36.4 Å². The normalized spacial score (nSPS) is 10.8. The summed E-state index contributed by atoms with van der Waals surface area (Å²) >= 11 is 0. The summed E-state index contributed by atoms with van der Waals surface area (Å²) < 4.78 is 0. The van der Waals surface area contributed by atoms with Crippen molar-refractivity contribution in [1.82, 2.24) is 10.9 Å². The summed E-state index contributed by atoms with van der Waals surface area (Å²) in [6.07, 6.45) is 0. The molecule has 138 valence electrons. The van der Waals surface area contributed by atoms with Crippen molar-refractivity contribution in [3.05, 3.63) is 58.7 Å². The van der Waals surface area contributed by atoms with E-state index in [9.17, 15) is 19.8 Å². The van der Waals surface area contributed by atoms with Crippen molar-refractivity contribution in [3.63, 3.8) is 0 Å². The summed E-state index contributed by atoms with van der Waals surface area (Å²) in [5, 5.41) is 19.7. The first-order chi connectivity index (χ1) is 12.2. The number of hydrazine groups is 1. The number of hydrogen-bond acceptors (Lipinski definition) is 4. The molecule has 0 fully saturated rings. The Labute approximate surface area is 152 Å². The van der Waals surface area contributed by atoms with Crippen molar-refractivity contribution in [3.8, 4) is 11.5 Å². The van der Waals surface area contributed by atoms with E-state index in [1.165, 1.54) is 24.3 Å². The molecule has 6 heteroatoms. The Kier molecular flexibility index (Phi) is 5.87. The molecule has 0 saturated heterocycles. The van der Waals surface area contributed by atoms with Gasteiger partial charge in [0, 0.05) is 11.1 Å². The first-order valence-electron chi connectivity index (χ1n) is 8.47. The topological polar surface area (TPSA) is 98.7 Å². The van der Waals surface area contributed by atoms with Crippen molar-refractivity contribution in [1.29, 1.82) is 0 Å². The van der Waals surface area contributed by atoms with Crippen LogP contribution in [0, 0.1) is 0 Å². The van der Waals surface area contributed by atoms with Gasteiger partial charge in [-0.15, -0.1) is 0 Å². The second-order valence-electron chi connectivity index (χ2n) is 6.76. The van der Waals surface area contributed by atoms with E-state index < -0.39 is 11.8 Å². The standard InChI is InChI=1S/C20H24N2O4/c1-11(2)15-9-13(5-7-17(15)23)19(25)21-22-20(26)14-6-8-18(24)16(10-14)12(3)4/h5-12,23-24H,1-4H3,(H,21,25)(H,22,26). The highest BCUT2D eigenvalue weighted by Crippen LogP contribution is 2.27. The third kappa shape index (κ3) is 4.33. The minimum Gasteiger partial charge on any atom is -0.508 e. The van der Waals surface area contributed by atoms with Crippen LogP contribution in [0.5, 0.6) is 11.5 Å². The minimum atomic E-state index is -0.483. The molecule has 0 saturated carbocycles. The fourth-order valence-electron chi connectivity index (χ4n) is 2.57. The highest BCUT2D eigenvalue weighted by atomic mass is 16.3. The molecule has 2 amide bonds. The van der Waals surface area contributed by atoms with Gasteiger partial charge in [0.25, 0.3) is 11.8 Å². The van der Waals surface area contributed by atoms with Gasteiger partial charge in [0.05, 0.1) is 0 Å². The van der Waals surface area contributed by atoms with Crippen LogP contribution in [0.1, 0.15) is 71.4 Å². The number of aromatic hydroxyl groups is 2. The Bertz CT molecular complexity index is 759. The molecule has 0 heterocycles. The average Bonchev–Trinajstić information content (AvgIpc) is 2.59. The second-order valence-corrected chi connectivity index (χ2v) is 6.76. The molecule has 0 spiro atoms. The van der Waals surface area contributed by atoms with Gasteiger partial charge in [-0.3, -0.25) is 20.4 Å². The van der Waals surface area contributed by atoms with Gasteiger partial charge in [0.2, 0.25) is 0 Å². The molecule has 2 rings (SSSR count). The van der Waals surface area contributed by atoms with E-state index >= 15 is 0 Å². The van der Waals surface area contributed by atoms with Crippen molar-refractivity contribution in [2.24, 2.45) is 0 Å². The van der Waals surface area contributed by atoms with Crippen LogP contribution in [0.25, 0.3) is 0 Å². The molecule has 0 aliphatic carbocycles. The van der Waals surface area contributed by atoms with Crippen LogP contribution in [-0.2, 0) is 0 Å². The molecule has 2 aromatic rings. The molecular formula is C20H24N2O4. The molecule has 4 N–H and O–H groups in total. The van der Waals surface area contributed by atoms with Crippen LogP contribution in [-0.4, -0.2) is 22.0 Å². The lowest BCUT2D eigenvalue weighted by Crippen LogP contribution is -2.41. The van der Waals surface area contributed by atoms with Crippen molar-refractivity contribution >= 4 is 11.8 Å². The number of amides is 2. The predicted octanol–water partition coefficient (Wildman–Crippen LogP) is 3.42. The molecule has 0 unspecified atom stereocenters. The smallest absolute Gasteiger partial charge is 0.269 e. The van der Waals surface area contributed by atoms with Crippen molar-refractivity contribution in [2.45, 2.75) is 39.5 Å². The van der Waals surface area contributed by atoms with E-state index in [2.05, 4.69) is 10.9 Å². The Morgan fingerprint density at radius 3 is 1.38 bits per heavy atom. The largest absolute Gasteiger partial charge is 0.508 e. The maximum Gasteiger partial charge on any atom is 0.269 e. The Morgan fingerprint density at radius 2 is 1.08 bits per heavy atom. The third-order valence-electron chi connectivity index (χ3n) is 4.11. The number of hydrogen-bond donors (Lipinski definition) is 4. The van der Waals surface area contributed by atoms with Gasteiger partial charge < -0.3 is 10.2 Å². The highest BCUT2D eigenvalue weighted by molar-refractivity contribution is 5.99. The molecule has 2 aromatic carbocycles. The number of carbonyl (C=O) groups is 2. The summed E-state index contributed by atoms with van der Waals surface area (Å²) in [4.78, 5) is 24.5. The molecule has 0 atom stereocenters. The predicted molar refractivity (Wildman–Crippen MR) is 99.3 cm³/mol. The molecular weight excluding hydrogens is 332 g/mol. The fraction of sp³-hybridized carbons (Fsp3) is 0.300. The zero-order valence-corrected chi connectivity index (χ0v) is 15.3. The van der Waals surface area contributed by atoms with E-state index in [0.717, 1.165) is 0 Å². The maximum absolute atomic E-state index is 12.2. The molecule has 0 aliphatic heterocycles. The van der Waals surface area contributed by atoms with Crippen LogP contribution >= 0.6 is 0 Å². The summed E-state index contributed by atoms with van der Waals surface area (Å²) in [6.45, 7) is 7.65. The van der Waals surface area contributed by atoms with E-state index in [0.29, 0.717) is 22.3 Å². The number of carbonyl (C=O) groups excluding carboxylic acids is 2. The van der Waals surface area contributed by atoms with Gasteiger partial charge in [-0.1, -0.05) is 27.7 Å². The average molecular weight is 356 g/mol. The first-order valence-corrected chi connectivity index (χ1v) is 8.47. The molecule has 0 aromatic heterocycles.